The minimum absolute atomic E-state index is 0.144. The van der Waals surface area contributed by atoms with Gasteiger partial charge in [0.25, 0.3) is 11.6 Å². The van der Waals surface area contributed by atoms with Crippen LogP contribution in [0.3, 0.4) is 0 Å². The molecule has 0 aliphatic rings. The van der Waals surface area contributed by atoms with E-state index >= 15 is 0 Å². The minimum Gasteiger partial charge on any atom is -0.493 e. The first-order chi connectivity index (χ1) is 17.9. The summed E-state index contributed by atoms with van der Waals surface area (Å²) in [6, 6.07) is 20.3. The number of carbonyl (C=O) groups is 1. The number of rotatable bonds is 10. The van der Waals surface area contributed by atoms with Gasteiger partial charge in [0.15, 0.2) is 11.5 Å². The lowest BCUT2D eigenvalue weighted by Gasteiger charge is -2.29. The van der Waals surface area contributed by atoms with Gasteiger partial charge in [-0.15, -0.1) is 0 Å². The third kappa shape index (κ3) is 5.75. The average molecular weight is 503 g/mol. The lowest BCUT2D eigenvalue weighted by molar-refractivity contribution is -0.384. The lowest BCUT2D eigenvalue weighted by atomic mass is 10.0. The fourth-order valence-electron chi connectivity index (χ4n) is 3.97. The summed E-state index contributed by atoms with van der Waals surface area (Å²) >= 11 is 0. The Morgan fingerprint density at radius 1 is 1.03 bits per heavy atom. The van der Waals surface area contributed by atoms with Crippen LogP contribution in [0.4, 0.5) is 5.69 Å². The molecule has 4 rings (SSSR count). The highest BCUT2D eigenvalue weighted by Gasteiger charge is 2.25. The lowest BCUT2D eigenvalue weighted by Crippen LogP contribution is -2.35. The molecule has 0 saturated heterocycles. The summed E-state index contributed by atoms with van der Waals surface area (Å²) < 4.78 is 16.1. The molecular weight excluding hydrogens is 476 g/mol. The molecule has 0 aliphatic heterocycles. The number of amides is 1. The smallest absolute Gasteiger partial charge is 0.270 e. The number of methoxy groups -OCH3 is 2. The molecule has 0 bridgehead atoms. The molecule has 0 unspecified atom stereocenters. The fraction of sp³-hybridized carbons (Fsp3) is 0.222. The summed E-state index contributed by atoms with van der Waals surface area (Å²) in [7, 11) is 3.10. The number of non-ortho nitro benzene ring substituents is 1. The number of hydrogen-bond acceptors (Lipinski definition) is 8. The Morgan fingerprint density at radius 3 is 2.49 bits per heavy atom. The third-order valence-corrected chi connectivity index (χ3v) is 5.99. The van der Waals surface area contributed by atoms with Gasteiger partial charge in [-0.25, -0.2) is 0 Å². The molecule has 4 aromatic rings. The summed E-state index contributed by atoms with van der Waals surface area (Å²) in [5, 5.41) is 15.3. The summed E-state index contributed by atoms with van der Waals surface area (Å²) in [6.45, 7) is 2.17. The second-order valence-electron chi connectivity index (χ2n) is 8.22. The highest BCUT2D eigenvalue weighted by atomic mass is 16.6. The highest BCUT2D eigenvalue weighted by molar-refractivity contribution is 5.95. The molecule has 0 aliphatic carbocycles. The maximum atomic E-state index is 13.5. The number of carbonyl (C=O) groups excluding carboxylic acids is 1. The van der Waals surface area contributed by atoms with Crippen molar-refractivity contribution in [3.8, 4) is 22.9 Å². The average Bonchev–Trinajstić information content (AvgIpc) is 3.42. The molecule has 0 fully saturated rings. The minimum atomic E-state index is -0.518. The quantitative estimate of drug-likeness (QED) is 0.217. The van der Waals surface area contributed by atoms with Crippen molar-refractivity contribution in [2.75, 3.05) is 20.8 Å². The van der Waals surface area contributed by atoms with Gasteiger partial charge in [-0.05, 0) is 36.8 Å². The SMILES string of the molecule is COc1ccc(-c2noc(CCN(C(=O)c3cccc([N+](=O)[O-])c3)[C@H](C)c3ccccc3)n2)cc1OC. The van der Waals surface area contributed by atoms with E-state index in [9.17, 15) is 14.9 Å². The zero-order chi connectivity index (χ0) is 26.4. The largest absolute Gasteiger partial charge is 0.493 e. The van der Waals surface area contributed by atoms with Crippen LogP contribution in [0, 0.1) is 10.1 Å². The van der Waals surface area contributed by atoms with Gasteiger partial charge < -0.3 is 18.9 Å². The zero-order valence-corrected chi connectivity index (χ0v) is 20.7. The normalized spacial score (nSPS) is 11.5. The molecule has 0 spiro atoms. The third-order valence-electron chi connectivity index (χ3n) is 5.99. The van der Waals surface area contributed by atoms with Gasteiger partial charge >= 0.3 is 0 Å². The zero-order valence-electron chi connectivity index (χ0n) is 20.7. The van der Waals surface area contributed by atoms with Gasteiger partial charge in [0, 0.05) is 36.2 Å². The van der Waals surface area contributed by atoms with Crippen molar-refractivity contribution >= 4 is 11.6 Å². The molecule has 0 N–H and O–H groups in total. The van der Waals surface area contributed by atoms with Crippen molar-refractivity contribution < 1.29 is 23.7 Å². The van der Waals surface area contributed by atoms with Crippen molar-refractivity contribution in [1.82, 2.24) is 15.0 Å². The highest BCUT2D eigenvalue weighted by Crippen LogP contribution is 2.31. The van der Waals surface area contributed by atoms with Crippen LogP contribution in [0.1, 0.15) is 34.8 Å². The Bertz CT molecular complexity index is 1390. The Morgan fingerprint density at radius 2 is 1.78 bits per heavy atom. The van der Waals surface area contributed by atoms with Crippen LogP contribution >= 0.6 is 0 Å². The monoisotopic (exact) mass is 502 g/mol. The van der Waals surface area contributed by atoms with Gasteiger partial charge in [-0.1, -0.05) is 41.6 Å². The molecule has 190 valence electrons. The maximum Gasteiger partial charge on any atom is 0.270 e. The summed E-state index contributed by atoms with van der Waals surface area (Å²) in [5.74, 6) is 1.52. The first-order valence-electron chi connectivity index (χ1n) is 11.6. The molecular formula is C27H26N4O6. The second-order valence-corrected chi connectivity index (χ2v) is 8.22. The number of aromatic nitrogens is 2. The summed E-state index contributed by atoms with van der Waals surface area (Å²) in [6.07, 6.45) is 0.290. The second kappa shape index (κ2) is 11.3. The van der Waals surface area contributed by atoms with E-state index in [0.717, 1.165) is 5.56 Å². The van der Waals surface area contributed by atoms with E-state index < -0.39 is 4.92 Å². The topological polar surface area (TPSA) is 121 Å². The molecule has 3 aromatic carbocycles. The Kier molecular flexibility index (Phi) is 7.77. The standard InChI is InChI=1S/C27H26N4O6/c1-18(19-8-5-4-6-9-19)30(27(32)21-10-7-11-22(16-21)31(33)34)15-14-25-28-26(29-37-25)20-12-13-23(35-2)24(17-20)36-3/h4-13,16-18H,14-15H2,1-3H3/t18-/m1/s1. The van der Waals surface area contributed by atoms with Crippen LogP contribution in [0.15, 0.2) is 77.3 Å². The number of nitro groups is 1. The molecule has 1 atom stereocenters. The number of hydrogen-bond donors (Lipinski definition) is 0. The predicted molar refractivity (Wildman–Crippen MR) is 136 cm³/mol. The Hall–Kier alpha value is -4.73. The van der Waals surface area contributed by atoms with Crippen LogP contribution in [0.2, 0.25) is 0 Å². The molecule has 10 nitrogen and oxygen atoms in total. The van der Waals surface area contributed by atoms with Gasteiger partial charge in [0.05, 0.1) is 25.2 Å². The van der Waals surface area contributed by atoms with E-state index in [1.54, 1.807) is 43.4 Å². The number of nitrogens with zero attached hydrogens (tertiary/aromatic N) is 4. The van der Waals surface area contributed by atoms with Crippen molar-refractivity contribution in [3.05, 3.63) is 99.9 Å². The molecule has 1 amide bonds. The first-order valence-corrected chi connectivity index (χ1v) is 11.6. The molecule has 37 heavy (non-hydrogen) atoms. The van der Waals surface area contributed by atoms with Crippen LogP contribution in [0.25, 0.3) is 11.4 Å². The van der Waals surface area contributed by atoms with Gasteiger partial charge in [-0.2, -0.15) is 4.98 Å². The van der Waals surface area contributed by atoms with E-state index in [4.69, 9.17) is 14.0 Å². The molecule has 10 heteroatoms. The van der Waals surface area contributed by atoms with Gasteiger partial charge in [0.1, 0.15) is 0 Å². The fourth-order valence-corrected chi connectivity index (χ4v) is 3.97. The van der Waals surface area contributed by atoms with Crippen LogP contribution in [-0.4, -0.2) is 46.6 Å². The van der Waals surface area contributed by atoms with Crippen molar-refractivity contribution in [3.63, 3.8) is 0 Å². The van der Waals surface area contributed by atoms with Crippen LogP contribution < -0.4 is 9.47 Å². The van der Waals surface area contributed by atoms with Crippen LogP contribution in [-0.2, 0) is 6.42 Å². The number of benzene rings is 3. The molecule has 1 heterocycles. The first kappa shape index (κ1) is 25.4. The Labute approximate surface area is 213 Å². The summed E-state index contributed by atoms with van der Waals surface area (Å²) in [4.78, 5) is 30.4. The number of ether oxygens (including phenoxy) is 2. The molecule has 0 saturated carbocycles. The van der Waals surface area contributed by atoms with E-state index in [-0.39, 0.29) is 36.2 Å². The van der Waals surface area contributed by atoms with E-state index in [1.807, 2.05) is 37.3 Å². The Balaban J connectivity index is 1.57. The van der Waals surface area contributed by atoms with Crippen molar-refractivity contribution in [1.29, 1.82) is 0 Å². The van der Waals surface area contributed by atoms with E-state index in [0.29, 0.717) is 28.8 Å². The summed E-state index contributed by atoms with van der Waals surface area (Å²) in [5.41, 5.74) is 1.70. The van der Waals surface area contributed by atoms with Crippen molar-refractivity contribution in [2.45, 2.75) is 19.4 Å². The molecule has 1 aromatic heterocycles. The predicted octanol–water partition coefficient (Wildman–Crippen LogP) is 5.11. The number of nitro benzene ring substituents is 1. The van der Waals surface area contributed by atoms with E-state index in [2.05, 4.69) is 10.1 Å². The van der Waals surface area contributed by atoms with Crippen molar-refractivity contribution in [2.24, 2.45) is 0 Å². The van der Waals surface area contributed by atoms with Gasteiger partial charge in [0.2, 0.25) is 11.7 Å². The van der Waals surface area contributed by atoms with E-state index in [1.165, 1.54) is 18.2 Å². The van der Waals surface area contributed by atoms with Crippen LogP contribution in [0.5, 0.6) is 11.5 Å². The maximum absolute atomic E-state index is 13.5. The molecule has 0 radical (unpaired) electrons. The van der Waals surface area contributed by atoms with Gasteiger partial charge in [-0.3, -0.25) is 14.9 Å².